The Morgan fingerprint density at radius 2 is 2.38 bits per heavy atom. The van der Waals surface area contributed by atoms with Crippen molar-refractivity contribution in [1.82, 2.24) is 4.90 Å². The van der Waals surface area contributed by atoms with Crippen LogP contribution in [0.3, 0.4) is 0 Å². The second-order valence-electron chi connectivity index (χ2n) is 4.09. The van der Waals surface area contributed by atoms with Gasteiger partial charge in [-0.25, -0.2) is 0 Å². The van der Waals surface area contributed by atoms with E-state index in [-0.39, 0.29) is 5.41 Å². The van der Waals surface area contributed by atoms with Crippen LogP contribution in [0.15, 0.2) is 0 Å². The molecule has 0 saturated carbocycles. The van der Waals surface area contributed by atoms with Crippen LogP contribution < -0.4 is 0 Å². The SMILES string of the molecule is CC1(C#N)CCCN(CCCI)C1. The summed E-state index contributed by atoms with van der Waals surface area (Å²) in [7, 11) is 0. The molecular formula is C10H17IN2. The van der Waals surface area contributed by atoms with E-state index in [1.54, 1.807) is 0 Å². The summed E-state index contributed by atoms with van der Waals surface area (Å²) in [6.07, 6.45) is 3.51. The van der Waals surface area contributed by atoms with Gasteiger partial charge >= 0.3 is 0 Å². The summed E-state index contributed by atoms with van der Waals surface area (Å²) < 4.78 is 1.22. The molecule has 1 saturated heterocycles. The van der Waals surface area contributed by atoms with Crippen LogP contribution >= 0.6 is 22.6 Å². The molecule has 0 bridgehead atoms. The number of alkyl halides is 1. The molecule has 0 N–H and O–H groups in total. The van der Waals surface area contributed by atoms with E-state index in [2.05, 4.69) is 40.5 Å². The predicted molar refractivity (Wildman–Crippen MR) is 62.9 cm³/mol. The molecule has 13 heavy (non-hydrogen) atoms. The molecule has 0 aromatic rings. The lowest BCUT2D eigenvalue weighted by molar-refractivity contribution is 0.144. The Morgan fingerprint density at radius 3 is 3.00 bits per heavy atom. The summed E-state index contributed by atoms with van der Waals surface area (Å²) in [4.78, 5) is 2.44. The average molecular weight is 292 g/mol. The van der Waals surface area contributed by atoms with Gasteiger partial charge in [0.15, 0.2) is 0 Å². The Balaban J connectivity index is 2.38. The average Bonchev–Trinajstić information content (AvgIpc) is 2.15. The standard InChI is InChI=1S/C10H17IN2/c1-10(8-12)4-2-6-13(9-10)7-3-5-11/h2-7,9H2,1H3. The molecule has 1 aliphatic heterocycles. The number of nitrogens with zero attached hydrogens (tertiary/aromatic N) is 2. The van der Waals surface area contributed by atoms with Crippen LogP contribution in [-0.4, -0.2) is 29.0 Å². The summed E-state index contributed by atoms with van der Waals surface area (Å²) in [6, 6.07) is 2.44. The van der Waals surface area contributed by atoms with Gasteiger partial charge in [0.1, 0.15) is 0 Å². The van der Waals surface area contributed by atoms with Crippen LogP contribution in [0.5, 0.6) is 0 Å². The minimum atomic E-state index is -0.0798. The van der Waals surface area contributed by atoms with Gasteiger partial charge in [0, 0.05) is 11.0 Å². The molecule has 0 aromatic heterocycles. The van der Waals surface area contributed by atoms with Crippen molar-refractivity contribution < 1.29 is 0 Å². The molecular weight excluding hydrogens is 275 g/mol. The topological polar surface area (TPSA) is 27.0 Å². The van der Waals surface area contributed by atoms with Gasteiger partial charge in [-0.05, 0) is 39.3 Å². The van der Waals surface area contributed by atoms with E-state index in [9.17, 15) is 0 Å². The van der Waals surface area contributed by atoms with Crippen molar-refractivity contribution in [2.45, 2.75) is 26.2 Å². The molecule has 74 valence electrons. The summed E-state index contributed by atoms with van der Waals surface area (Å²) in [6.45, 7) is 5.41. The minimum Gasteiger partial charge on any atom is -0.302 e. The molecule has 0 spiro atoms. The van der Waals surface area contributed by atoms with Crippen LogP contribution in [0.4, 0.5) is 0 Å². The van der Waals surface area contributed by atoms with Crippen molar-refractivity contribution in [2.75, 3.05) is 24.1 Å². The number of nitriles is 1. The van der Waals surface area contributed by atoms with Crippen molar-refractivity contribution >= 4 is 22.6 Å². The second-order valence-corrected chi connectivity index (χ2v) is 5.17. The van der Waals surface area contributed by atoms with E-state index in [1.807, 2.05) is 0 Å². The van der Waals surface area contributed by atoms with Crippen LogP contribution in [0, 0.1) is 16.7 Å². The summed E-state index contributed by atoms with van der Waals surface area (Å²) in [5.74, 6) is 0. The van der Waals surface area contributed by atoms with Gasteiger partial charge in [-0.2, -0.15) is 5.26 Å². The molecule has 1 aliphatic rings. The van der Waals surface area contributed by atoms with Crippen molar-refractivity contribution in [1.29, 1.82) is 5.26 Å². The fourth-order valence-electron chi connectivity index (χ4n) is 1.91. The van der Waals surface area contributed by atoms with Gasteiger partial charge < -0.3 is 4.90 Å². The Kier molecular flexibility index (Phi) is 4.47. The molecule has 1 fully saturated rings. The summed E-state index contributed by atoms with van der Waals surface area (Å²) in [5.41, 5.74) is -0.0798. The maximum atomic E-state index is 9.02. The highest BCUT2D eigenvalue weighted by molar-refractivity contribution is 14.1. The smallest absolute Gasteiger partial charge is 0.0700 e. The molecule has 1 unspecified atom stereocenters. The minimum absolute atomic E-state index is 0.0798. The first-order chi connectivity index (χ1) is 6.20. The predicted octanol–water partition coefficient (Wildman–Crippen LogP) is 2.44. The van der Waals surface area contributed by atoms with Gasteiger partial charge in [0.25, 0.3) is 0 Å². The van der Waals surface area contributed by atoms with E-state index in [0.29, 0.717) is 0 Å². The lowest BCUT2D eigenvalue weighted by Gasteiger charge is -2.35. The van der Waals surface area contributed by atoms with Crippen LogP contribution in [0.1, 0.15) is 26.2 Å². The van der Waals surface area contributed by atoms with Crippen LogP contribution in [-0.2, 0) is 0 Å². The van der Waals surface area contributed by atoms with E-state index in [4.69, 9.17) is 5.26 Å². The first-order valence-corrected chi connectivity index (χ1v) is 6.42. The molecule has 1 atom stereocenters. The number of rotatable bonds is 3. The van der Waals surface area contributed by atoms with Crippen molar-refractivity contribution in [3.63, 3.8) is 0 Å². The van der Waals surface area contributed by atoms with Gasteiger partial charge in [-0.3, -0.25) is 0 Å². The van der Waals surface area contributed by atoms with Crippen molar-refractivity contribution in [2.24, 2.45) is 5.41 Å². The lowest BCUT2D eigenvalue weighted by atomic mass is 9.83. The highest BCUT2D eigenvalue weighted by atomic mass is 127. The molecule has 0 amide bonds. The van der Waals surface area contributed by atoms with Gasteiger partial charge in [0.2, 0.25) is 0 Å². The molecule has 2 nitrogen and oxygen atoms in total. The van der Waals surface area contributed by atoms with E-state index >= 15 is 0 Å². The summed E-state index contributed by atoms with van der Waals surface area (Å²) >= 11 is 2.41. The monoisotopic (exact) mass is 292 g/mol. The quantitative estimate of drug-likeness (QED) is 0.590. The maximum Gasteiger partial charge on any atom is 0.0700 e. The molecule has 1 rings (SSSR count). The zero-order valence-electron chi connectivity index (χ0n) is 8.22. The van der Waals surface area contributed by atoms with Crippen LogP contribution in [0.2, 0.25) is 0 Å². The Morgan fingerprint density at radius 1 is 1.62 bits per heavy atom. The lowest BCUT2D eigenvalue weighted by Crippen LogP contribution is -2.41. The highest BCUT2D eigenvalue weighted by Crippen LogP contribution is 2.28. The second kappa shape index (κ2) is 5.16. The molecule has 0 aliphatic carbocycles. The first kappa shape index (κ1) is 11.3. The molecule has 1 heterocycles. The Labute approximate surface area is 94.4 Å². The molecule has 3 heteroatoms. The fourth-order valence-corrected chi connectivity index (χ4v) is 2.25. The van der Waals surface area contributed by atoms with Crippen molar-refractivity contribution in [3.8, 4) is 6.07 Å². The fraction of sp³-hybridized carbons (Fsp3) is 0.900. The third kappa shape index (κ3) is 3.43. The first-order valence-electron chi connectivity index (χ1n) is 4.90. The third-order valence-electron chi connectivity index (χ3n) is 2.65. The van der Waals surface area contributed by atoms with E-state index < -0.39 is 0 Å². The van der Waals surface area contributed by atoms with Gasteiger partial charge in [-0.15, -0.1) is 0 Å². The largest absolute Gasteiger partial charge is 0.302 e. The van der Waals surface area contributed by atoms with Crippen molar-refractivity contribution in [3.05, 3.63) is 0 Å². The number of piperidine rings is 1. The van der Waals surface area contributed by atoms with Crippen LogP contribution in [0.25, 0.3) is 0 Å². The zero-order chi connectivity index (χ0) is 9.73. The number of likely N-dealkylation sites (tertiary alicyclic amines) is 1. The number of halogens is 1. The van der Waals surface area contributed by atoms with Gasteiger partial charge in [0.05, 0.1) is 11.5 Å². The highest BCUT2D eigenvalue weighted by Gasteiger charge is 2.30. The summed E-state index contributed by atoms with van der Waals surface area (Å²) in [5, 5.41) is 9.02. The third-order valence-corrected chi connectivity index (χ3v) is 3.42. The van der Waals surface area contributed by atoms with Gasteiger partial charge in [-0.1, -0.05) is 22.6 Å². The Hall–Kier alpha value is 0.180. The number of hydrogen-bond acceptors (Lipinski definition) is 2. The van der Waals surface area contributed by atoms with E-state index in [0.717, 1.165) is 13.0 Å². The Bertz CT molecular complexity index is 200. The molecule has 0 radical (unpaired) electrons. The zero-order valence-corrected chi connectivity index (χ0v) is 10.4. The van der Waals surface area contributed by atoms with E-state index in [1.165, 1.54) is 30.4 Å². The molecule has 0 aromatic carbocycles. The number of hydrogen-bond donors (Lipinski definition) is 0. The maximum absolute atomic E-state index is 9.02. The normalized spacial score (nSPS) is 29.9.